The molecule has 1 aromatic carbocycles. The Morgan fingerprint density at radius 1 is 1.34 bits per heavy atom. The zero-order valence-corrected chi connectivity index (χ0v) is 19.1. The highest BCUT2D eigenvalue weighted by molar-refractivity contribution is 8.56. The van der Waals surface area contributed by atoms with Crippen molar-refractivity contribution in [2.24, 2.45) is 0 Å². The van der Waals surface area contributed by atoms with Crippen molar-refractivity contribution in [2.75, 3.05) is 17.5 Å². The first-order valence-corrected chi connectivity index (χ1v) is 13.0. The maximum absolute atomic E-state index is 14.9. The fourth-order valence-electron chi connectivity index (χ4n) is 2.63. The average Bonchev–Trinajstić information content (AvgIpc) is 3.12. The molecule has 1 atom stereocenters. The summed E-state index contributed by atoms with van der Waals surface area (Å²) in [7, 11) is -0.380. The van der Waals surface area contributed by atoms with Crippen molar-refractivity contribution >= 4 is 52.8 Å². The summed E-state index contributed by atoms with van der Waals surface area (Å²) >= 11 is 7.34. The highest BCUT2D eigenvalue weighted by Crippen LogP contribution is 2.46. The van der Waals surface area contributed by atoms with Crippen LogP contribution in [0.25, 0.3) is 11.0 Å². The van der Waals surface area contributed by atoms with E-state index in [0.717, 1.165) is 18.6 Å². The van der Waals surface area contributed by atoms with E-state index < -0.39 is 23.0 Å². The average molecular weight is 458 g/mol. The number of hydrogen-bond acceptors (Lipinski definition) is 4. The Morgan fingerprint density at radius 3 is 2.76 bits per heavy atom. The lowest BCUT2D eigenvalue weighted by Gasteiger charge is -2.14. The van der Waals surface area contributed by atoms with Crippen molar-refractivity contribution in [3.05, 3.63) is 58.4 Å². The highest BCUT2D eigenvalue weighted by atomic mass is 35.5. The van der Waals surface area contributed by atoms with Gasteiger partial charge >= 0.3 is 0 Å². The highest BCUT2D eigenvalue weighted by Gasteiger charge is 2.24. The molecule has 0 saturated carbocycles. The fraction of sp³-hybridized carbons (Fsp3) is 0.300. The van der Waals surface area contributed by atoms with Gasteiger partial charge in [-0.2, -0.15) is 0 Å². The number of nitrogens with one attached hydrogen (secondary N) is 2. The standard InChI is InChI=1S/C18H17ClF2N3OPS.C2H6/c1-3-6-26(2)27-24-14-5-4-13(20)15(16(14)21)17(25)12-9-23-18-11(12)7-10(19)8-22-18;1-2/h4-5,7-9,24H,3,6H2,1-2H3,(H,22,23);1-2H3. The monoisotopic (exact) mass is 457 g/mol. The third kappa shape index (κ3) is 5.47. The van der Waals surface area contributed by atoms with Crippen LogP contribution in [0.2, 0.25) is 5.02 Å². The molecule has 0 aliphatic rings. The van der Waals surface area contributed by atoms with Gasteiger partial charge in [0.25, 0.3) is 0 Å². The Kier molecular flexibility index (Phi) is 8.87. The first-order chi connectivity index (χ1) is 13.9. The van der Waals surface area contributed by atoms with Crippen molar-refractivity contribution < 1.29 is 13.6 Å². The van der Waals surface area contributed by atoms with Gasteiger partial charge in [0.1, 0.15) is 11.5 Å². The third-order valence-electron chi connectivity index (χ3n) is 3.91. The van der Waals surface area contributed by atoms with E-state index in [4.69, 9.17) is 11.6 Å². The van der Waals surface area contributed by atoms with Crippen molar-refractivity contribution in [3.8, 4) is 0 Å². The van der Waals surface area contributed by atoms with E-state index in [1.807, 2.05) is 13.8 Å². The Labute approximate surface area is 179 Å². The number of H-pyrrole nitrogens is 1. The maximum Gasteiger partial charge on any atom is 0.201 e. The van der Waals surface area contributed by atoms with Crippen molar-refractivity contribution in [1.82, 2.24) is 9.97 Å². The van der Waals surface area contributed by atoms with E-state index in [1.165, 1.54) is 36.1 Å². The summed E-state index contributed by atoms with van der Waals surface area (Å²) in [4.78, 5) is 19.8. The fourth-order valence-corrected chi connectivity index (χ4v) is 5.50. The van der Waals surface area contributed by atoms with Crippen LogP contribution in [0.1, 0.15) is 43.1 Å². The van der Waals surface area contributed by atoms with Gasteiger partial charge in [0, 0.05) is 23.3 Å². The second-order valence-electron chi connectivity index (χ2n) is 5.91. The first-order valence-electron chi connectivity index (χ1n) is 9.21. The van der Waals surface area contributed by atoms with E-state index in [1.54, 1.807) is 0 Å². The molecular weight excluding hydrogens is 435 g/mol. The number of benzene rings is 1. The molecular formula is C20H23ClF2N3OPS. The molecule has 0 spiro atoms. The van der Waals surface area contributed by atoms with E-state index in [9.17, 15) is 13.6 Å². The Balaban J connectivity index is 0.00000145. The normalized spacial score (nSPS) is 11.7. The topological polar surface area (TPSA) is 57.8 Å². The van der Waals surface area contributed by atoms with Gasteiger partial charge in [-0.1, -0.05) is 38.8 Å². The molecule has 29 heavy (non-hydrogen) atoms. The van der Waals surface area contributed by atoms with Crippen LogP contribution in [0.5, 0.6) is 0 Å². The molecule has 2 aromatic heterocycles. The summed E-state index contributed by atoms with van der Waals surface area (Å²) < 4.78 is 32.2. The van der Waals surface area contributed by atoms with E-state index in [0.29, 0.717) is 16.1 Å². The smallest absolute Gasteiger partial charge is 0.201 e. The number of carbonyl (C=O) groups is 1. The van der Waals surface area contributed by atoms with Crippen LogP contribution in [0.4, 0.5) is 14.5 Å². The number of pyridine rings is 1. The lowest BCUT2D eigenvalue weighted by atomic mass is 10.0. The Bertz CT molecular complexity index is 999. The molecule has 0 fully saturated rings. The predicted molar refractivity (Wildman–Crippen MR) is 121 cm³/mol. The number of nitrogens with zero attached hydrogens (tertiary/aromatic N) is 1. The van der Waals surface area contributed by atoms with E-state index >= 15 is 0 Å². The number of rotatable bonds is 7. The lowest BCUT2D eigenvalue weighted by molar-refractivity contribution is 0.103. The van der Waals surface area contributed by atoms with Crippen LogP contribution in [-0.2, 0) is 0 Å². The van der Waals surface area contributed by atoms with Gasteiger partial charge in [-0.25, -0.2) is 13.8 Å². The Morgan fingerprint density at radius 2 is 2.07 bits per heavy atom. The third-order valence-corrected chi connectivity index (χ3v) is 7.57. The number of hydrogen-bond donors (Lipinski definition) is 2. The maximum atomic E-state index is 14.9. The van der Waals surface area contributed by atoms with Crippen LogP contribution in [0.15, 0.2) is 30.6 Å². The number of aromatic nitrogens is 2. The van der Waals surface area contributed by atoms with Crippen molar-refractivity contribution in [1.29, 1.82) is 0 Å². The minimum Gasteiger partial charge on any atom is -0.345 e. The quantitative estimate of drug-likeness (QED) is 0.223. The molecule has 0 amide bonds. The molecule has 0 saturated heterocycles. The van der Waals surface area contributed by atoms with Gasteiger partial charge in [0.2, 0.25) is 5.78 Å². The van der Waals surface area contributed by atoms with Gasteiger partial charge < -0.3 is 9.71 Å². The predicted octanol–water partition coefficient (Wildman–Crippen LogP) is 7.25. The summed E-state index contributed by atoms with van der Waals surface area (Å²) in [6.45, 7) is 8.16. The number of aromatic amines is 1. The number of halogens is 3. The molecule has 9 heteroatoms. The molecule has 3 aromatic rings. The molecule has 156 valence electrons. The van der Waals surface area contributed by atoms with Crippen LogP contribution in [0.3, 0.4) is 0 Å². The number of carbonyl (C=O) groups excluding carboxylic acids is 1. The summed E-state index contributed by atoms with van der Waals surface area (Å²) in [6, 6.07) is 3.94. The summed E-state index contributed by atoms with van der Waals surface area (Å²) in [6.07, 6.45) is 4.86. The van der Waals surface area contributed by atoms with Gasteiger partial charge in [0.05, 0.1) is 16.3 Å². The molecule has 2 heterocycles. The van der Waals surface area contributed by atoms with Crippen LogP contribution >= 0.6 is 30.3 Å². The molecule has 0 aliphatic heterocycles. The van der Waals surface area contributed by atoms with Crippen LogP contribution in [-0.4, -0.2) is 28.6 Å². The second-order valence-corrected chi connectivity index (χ2v) is 10.9. The van der Waals surface area contributed by atoms with Gasteiger partial charge in [-0.3, -0.25) is 4.79 Å². The molecule has 0 aliphatic carbocycles. The SMILES string of the molecule is CC.CCCP(C)SNc1ccc(F)c(C(=O)c2c[nH]c3ncc(Cl)cc23)c1F. The molecule has 1 unspecified atom stereocenters. The van der Waals surface area contributed by atoms with E-state index in [-0.39, 0.29) is 18.4 Å². The number of ketones is 1. The second kappa shape index (κ2) is 10.9. The summed E-state index contributed by atoms with van der Waals surface area (Å²) in [5.74, 6) is -2.58. The zero-order chi connectivity index (χ0) is 21.6. The molecule has 2 N–H and O–H groups in total. The van der Waals surface area contributed by atoms with Gasteiger partial charge in [-0.15, -0.1) is 0 Å². The number of fused-ring (bicyclic) bond motifs is 1. The largest absolute Gasteiger partial charge is 0.345 e. The molecule has 0 radical (unpaired) electrons. The van der Waals surface area contributed by atoms with E-state index in [2.05, 4.69) is 28.3 Å². The zero-order valence-electron chi connectivity index (χ0n) is 16.6. The molecule has 4 nitrogen and oxygen atoms in total. The summed E-state index contributed by atoms with van der Waals surface area (Å²) in [5.41, 5.74) is 0.0273. The van der Waals surface area contributed by atoms with Crippen LogP contribution in [0, 0.1) is 11.6 Å². The molecule has 0 bridgehead atoms. The minimum absolute atomic E-state index is 0.0891. The van der Waals surface area contributed by atoms with Crippen molar-refractivity contribution in [3.63, 3.8) is 0 Å². The van der Waals surface area contributed by atoms with Crippen molar-refractivity contribution in [2.45, 2.75) is 27.2 Å². The Hall–Kier alpha value is -1.69. The number of anilines is 1. The van der Waals surface area contributed by atoms with Gasteiger partial charge in [0.15, 0.2) is 5.82 Å². The van der Waals surface area contributed by atoms with Gasteiger partial charge in [-0.05, 0) is 49.7 Å². The minimum atomic E-state index is -0.912. The first kappa shape index (κ1) is 23.6. The van der Waals surface area contributed by atoms with Crippen LogP contribution < -0.4 is 4.72 Å². The molecule has 3 rings (SSSR count). The lowest BCUT2D eigenvalue weighted by Crippen LogP contribution is -2.09. The summed E-state index contributed by atoms with van der Waals surface area (Å²) in [5, 5.41) is 0.746.